The van der Waals surface area contributed by atoms with Gasteiger partial charge < -0.3 is 29.5 Å². The third kappa shape index (κ3) is 6.09. The summed E-state index contributed by atoms with van der Waals surface area (Å²) in [5.74, 6) is -3.47. The summed E-state index contributed by atoms with van der Waals surface area (Å²) in [6.45, 7) is -1.13. The Morgan fingerprint density at radius 1 is 0.909 bits per heavy atom. The van der Waals surface area contributed by atoms with Gasteiger partial charge in [-0.05, 0) is 18.2 Å². The minimum atomic E-state index is -1.28. The lowest BCUT2D eigenvalue weighted by molar-refractivity contribution is -0.142. The van der Waals surface area contributed by atoms with Crippen LogP contribution in [0.1, 0.15) is 10.4 Å². The number of carboxylic acid groups (broad SMARTS) is 3. The van der Waals surface area contributed by atoms with Crippen molar-refractivity contribution in [3.8, 4) is 11.5 Å². The number of aliphatic carboxylic acids is 2. The Kier molecular flexibility index (Phi) is 6.64. The highest BCUT2D eigenvalue weighted by Crippen LogP contribution is 2.24. The Bertz CT molecular complexity index is 552. The molecular formula is C13H14O9. The number of rotatable bonds is 10. The zero-order valence-corrected chi connectivity index (χ0v) is 11.4. The highest BCUT2D eigenvalue weighted by atomic mass is 16.5. The highest BCUT2D eigenvalue weighted by molar-refractivity contribution is 5.91. The summed E-state index contributed by atoms with van der Waals surface area (Å²) in [7, 11) is 0. The zero-order valence-electron chi connectivity index (χ0n) is 11.4. The van der Waals surface area contributed by atoms with Gasteiger partial charge in [0.1, 0.15) is 30.3 Å². The highest BCUT2D eigenvalue weighted by Gasteiger charge is 2.13. The molecule has 9 heteroatoms. The molecule has 22 heavy (non-hydrogen) atoms. The average Bonchev–Trinajstić information content (AvgIpc) is 2.44. The lowest BCUT2D eigenvalue weighted by Gasteiger charge is -2.11. The first-order valence-corrected chi connectivity index (χ1v) is 6.04. The fraction of sp³-hybridized carbons (Fsp3) is 0.308. The van der Waals surface area contributed by atoms with Crippen LogP contribution in [0.15, 0.2) is 18.2 Å². The first-order chi connectivity index (χ1) is 10.4. The van der Waals surface area contributed by atoms with Crippen LogP contribution in [0.4, 0.5) is 0 Å². The fourth-order valence-electron chi connectivity index (χ4n) is 1.41. The summed E-state index contributed by atoms with van der Waals surface area (Å²) in [5.41, 5.74) is -0.207. The van der Waals surface area contributed by atoms with E-state index in [4.69, 9.17) is 29.5 Å². The molecule has 0 aliphatic rings. The van der Waals surface area contributed by atoms with Gasteiger partial charge in [0, 0.05) is 0 Å². The van der Waals surface area contributed by atoms with E-state index in [0.29, 0.717) is 0 Å². The quantitative estimate of drug-likeness (QED) is 0.521. The normalized spacial score (nSPS) is 10.0. The lowest BCUT2D eigenvalue weighted by atomic mass is 10.2. The monoisotopic (exact) mass is 314 g/mol. The molecule has 0 aliphatic carbocycles. The van der Waals surface area contributed by atoms with Crippen LogP contribution in [-0.4, -0.2) is 59.7 Å². The first-order valence-electron chi connectivity index (χ1n) is 6.04. The molecular weight excluding hydrogens is 300 g/mol. The second-order valence-corrected chi connectivity index (χ2v) is 3.94. The molecule has 0 bridgehead atoms. The summed E-state index contributed by atoms with van der Waals surface area (Å²) >= 11 is 0. The van der Waals surface area contributed by atoms with E-state index in [1.54, 1.807) is 0 Å². The predicted octanol–water partition coefficient (Wildman–Crippen LogP) is 0.328. The Hall–Kier alpha value is -2.81. The van der Waals surface area contributed by atoms with Crippen LogP contribution >= 0.6 is 0 Å². The van der Waals surface area contributed by atoms with Gasteiger partial charge in [-0.2, -0.15) is 0 Å². The second kappa shape index (κ2) is 8.47. The van der Waals surface area contributed by atoms with Gasteiger partial charge in [-0.1, -0.05) is 0 Å². The van der Waals surface area contributed by atoms with E-state index >= 15 is 0 Å². The van der Waals surface area contributed by atoms with E-state index in [1.807, 2.05) is 0 Å². The van der Waals surface area contributed by atoms with Crippen molar-refractivity contribution < 1.29 is 43.9 Å². The summed E-state index contributed by atoms with van der Waals surface area (Å²) in [5, 5.41) is 25.9. The number of hydrogen-bond acceptors (Lipinski definition) is 6. The largest absolute Gasteiger partial charge is 0.490 e. The van der Waals surface area contributed by atoms with Crippen molar-refractivity contribution in [3.05, 3.63) is 23.8 Å². The van der Waals surface area contributed by atoms with Gasteiger partial charge in [0.15, 0.2) is 6.61 Å². The molecule has 3 N–H and O–H groups in total. The van der Waals surface area contributed by atoms with Crippen LogP contribution in [0.5, 0.6) is 11.5 Å². The maximum atomic E-state index is 11.1. The molecule has 0 saturated heterocycles. The number of hydrogen-bond donors (Lipinski definition) is 3. The van der Waals surface area contributed by atoms with E-state index in [9.17, 15) is 14.4 Å². The maximum Gasteiger partial charge on any atom is 0.341 e. The molecule has 120 valence electrons. The molecule has 0 amide bonds. The molecule has 0 spiro atoms. The van der Waals surface area contributed by atoms with Crippen molar-refractivity contribution >= 4 is 17.9 Å². The van der Waals surface area contributed by atoms with Crippen molar-refractivity contribution in [2.45, 2.75) is 0 Å². The minimum Gasteiger partial charge on any atom is -0.490 e. The third-order valence-corrected chi connectivity index (χ3v) is 2.25. The minimum absolute atomic E-state index is 0.0252. The van der Waals surface area contributed by atoms with Gasteiger partial charge >= 0.3 is 17.9 Å². The van der Waals surface area contributed by atoms with Crippen molar-refractivity contribution in [1.29, 1.82) is 0 Å². The lowest BCUT2D eigenvalue weighted by Crippen LogP contribution is -2.14. The number of aromatic carboxylic acids is 1. The molecule has 0 unspecified atom stereocenters. The maximum absolute atomic E-state index is 11.1. The van der Waals surface area contributed by atoms with Gasteiger partial charge in [0.05, 0.1) is 6.61 Å². The van der Waals surface area contributed by atoms with Crippen LogP contribution in [0.25, 0.3) is 0 Å². The zero-order chi connectivity index (χ0) is 16.5. The van der Waals surface area contributed by atoms with E-state index in [1.165, 1.54) is 12.1 Å². The smallest absolute Gasteiger partial charge is 0.341 e. The fourth-order valence-corrected chi connectivity index (χ4v) is 1.41. The van der Waals surface area contributed by atoms with Crippen LogP contribution in [0, 0.1) is 0 Å². The van der Waals surface area contributed by atoms with Crippen molar-refractivity contribution in [1.82, 2.24) is 0 Å². The van der Waals surface area contributed by atoms with Crippen molar-refractivity contribution in [2.75, 3.05) is 26.4 Å². The van der Waals surface area contributed by atoms with Crippen LogP contribution in [0.2, 0.25) is 0 Å². The predicted molar refractivity (Wildman–Crippen MR) is 70.5 cm³/mol. The average molecular weight is 314 g/mol. The van der Waals surface area contributed by atoms with E-state index in [-0.39, 0.29) is 30.3 Å². The molecule has 0 aliphatic heterocycles. The van der Waals surface area contributed by atoms with Crippen molar-refractivity contribution in [3.63, 3.8) is 0 Å². The molecule has 0 heterocycles. The SMILES string of the molecule is O=C(O)COCCOc1ccc(OCC(=O)O)cc1C(=O)O. The summed E-state index contributed by atoms with van der Waals surface area (Å²) in [6, 6.07) is 3.82. The van der Waals surface area contributed by atoms with Gasteiger partial charge in [0.25, 0.3) is 0 Å². The third-order valence-electron chi connectivity index (χ3n) is 2.25. The summed E-state index contributed by atoms with van der Waals surface area (Å²) < 4.78 is 14.8. The van der Waals surface area contributed by atoms with Crippen molar-refractivity contribution in [2.24, 2.45) is 0 Å². The Balaban J connectivity index is 2.63. The second-order valence-electron chi connectivity index (χ2n) is 3.94. The molecule has 1 aromatic carbocycles. The van der Waals surface area contributed by atoms with Crippen LogP contribution < -0.4 is 9.47 Å². The molecule has 1 aromatic rings. The summed E-state index contributed by atoms with van der Waals surface area (Å²) in [4.78, 5) is 31.7. The molecule has 0 radical (unpaired) electrons. The van der Waals surface area contributed by atoms with E-state index < -0.39 is 31.1 Å². The van der Waals surface area contributed by atoms with E-state index in [2.05, 4.69) is 0 Å². The van der Waals surface area contributed by atoms with Gasteiger partial charge in [0.2, 0.25) is 0 Å². The summed E-state index contributed by atoms with van der Waals surface area (Å²) in [6.07, 6.45) is 0. The van der Waals surface area contributed by atoms with E-state index in [0.717, 1.165) is 6.07 Å². The Morgan fingerprint density at radius 2 is 1.59 bits per heavy atom. The first kappa shape index (κ1) is 17.2. The van der Waals surface area contributed by atoms with Gasteiger partial charge in [-0.25, -0.2) is 14.4 Å². The topological polar surface area (TPSA) is 140 Å². The van der Waals surface area contributed by atoms with Crippen LogP contribution in [-0.2, 0) is 14.3 Å². The molecule has 1 rings (SSSR count). The molecule has 9 nitrogen and oxygen atoms in total. The molecule has 0 fully saturated rings. The number of benzene rings is 1. The Labute approximate surface area is 124 Å². The van der Waals surface area contributed by atoms with Gasteiger partial charge in [-0.15, -0.1) is 0 Å². The standard InChI is InChI=1S/C13H14O9/c14-11(15)6-20-3-4-21-10-2-1-8(22-7-12(16)17)5-9(10)13(18)19/h1-2,5H,3-4,6-7H2,(H,14,15)(H,16,17)(H,18,19). The Morgan fingerprint density at radius 3 is 2.18 bits per heavy atom. The number of ether oxygens (including phenoxy) is 3. The number of carboxylic acids is 3. The molecule has 0 saturated carbocycles. The van der Waals surface area contributed by atoms with Crippen LogP contribution in [0.3, 0.4) is 0 Å². The van der Waals surface area contributed by atoms with Gasteiger partial charge in [-0.3, -0.25) is 0 Å². The number of carbonyl (C=O) groups is 3. The molecule has 0 atom stereocenters. The molecule has 0 aromatic heterocycles.